The number of guanidine groups is 1. The van der Waals surface area contributed by atoms with Gasteiger partial charge >= 0.3 is 5.97 Å². The highest BCUT2D eigenvalue weighted by Crippen LogP contribution is 2.21. The maximum absolute atomic E-state index is 14.2. The Morgan fingerprint density at radius 2 is 1.06 bits per heavy atom. The van der Waals surface area contributed by atoms with Gasteiger partial charge in [-0.15, -0.1) is 0 Å². The average Bonchev–Trinajstić information content (AvgIpc) is 4.12. The van der Waals surface area contributed by atoms with Crippen LogP contribution < -0.4 is 59.7 Å². The summed E-state index contributed by atoms with van der Waals surface area (Å²) in [5.41, 5.74) is 16.7. The number of aliphatic carboxylic acids is 1. The van der Waals surface area contributed by atoms with Crippen molar-refractivity contribution in [2.45, 2.75) is 160 Å². The molecule has 19 N–H and O–H groups in total. The Balaban J connectivity index is 2.27. The maximum Gasteiger partial charge on any atom is 0.328 e. The first-order valence-electron chi connectivity index (χ1n) is 26.3. The second-order valence-electron chi connectivity index (χ2n) is 20.0. The molecule has 442 valence electrons. The number of nitrogens with one attached hydrogen (secondary N) is 8. The molecule has 0 aliphatic carbocycles. The number of carbonyl (C=O) groups excluding carboxylic acids is 10. The van der Waals surface area contributed by atoms with E-state index in [4.69, 9.17) is 22.3 Å². The quantitative estimate of drug-likeness (QED) is 0.0165. The maximum atomic E-state index is 14.2. The third kappa shape index (κ3) is 20.6. The van der Waals surface area contributed by atoms with Crippen LogP contribution in [0.15, 0.2) is 4.99 Å². The number of hydrogen-bond donors (Lipinski definition) is 16. The van der Waals surface area contributed by atoms with Gasteiger partial charge in [0.1, 0.15) is 60.4 Å². The van der Waals surface area contributed by atoms with Crippen molar-refractivity contribution < 1.29 is 78.3 Å². The number of nitrogens with zero attached hydrogens (tertiary/aromatic N) is 3. The van der Waals surface area contributed by atoms with E-state index in [9.17, 15) is 73.2 Å². The molecule has 0 aromatic rings. The van der Waals surface area contributed by atoms with E-state index < -0.39 is 170 Å². The first-order chi connectivity index (χ1) is 36.8. The third-order valence-corrected chi connectivity index (χ3v) is 13.5. The first kappa shape index (κ1) is 67.3. The number of rotatable bonds is 33. The largest absolute Gasteiger partial charge is 0.480 e. The molecule has 2 saturated heterocycles. The van der Waals surface area contributed by atoms with Crippen LogP contribution >= 0.6 is 0 Å². The minimum Gasteiger partial charge on any atom is -0.480 e. The number of carboxylic acids is 1. The number of carbonyl (C=O) groups is 11. The number of aliphatic imine (C=N–C) groups is 1. The van der Waals surface area contributed by atoms with Gasteiger partial charge in [-0.25, -0.2) is 4.79 Å². The Morgan fingerprint density at radius 1 is 0.577 bits per heavy atom. The summed E-state index contributed by atoms with van der Waals surface area (Å²) in [4.78, 5) is 153. The fourth-order valence-corrected chi connectivity index (χ4v) is 8.64. The summed E-state index contributed by atoms with van der Waals surface area (Å²) in [5, 5.41) is 67.8. The molecule has 12 atom stereocenters. The molecular weight excluding hydrogens is 1030 g/mol. The number of amides is 10. The Morgan fingerprint density at radius 3 is 1.56 bits per heavy atom. The molecule has 2 fully saturated rings. The van der Waals surface area contributed by atoms with E-state index in [0.29, 0.717) is 25.7 Å². The number of carboxylic acid groups (broad SMARTS) is 1. The monoisotopic (exact) mass is 1110 g/mol. The van der Waals surface area contributed by atoms with E-state index in [2.05, 4.69) is 42.2 Å². The summed E-state index contributed by atoms with van der Waals surface area (Å²) in [6.45, 7) is 6.43. The van der Waals surface area contributed by atoms with Crippen molar-refractivity contribution in [3.8, 4) is 0 Å². The Hall–Kier alpha value is -6.76. The Kier molecular flexibility index (Phi) is 28.9. The molecule has 30 heteroatoms. The highest BCUT2D eigenvalue weighted by atomic mass is 16.4. The van der Waals surface area contributed by atoms with Gasteiger partial charge in [-0.1, -0.05) is 54.4 Å². The lowest BCUT2D eigenvalue weighted by molar-refractivity contribution is -0.145. The molecule has 2 heterocycles. The van der Waals surface area contributed by atoms with Gasteiger partial charge in [0.05, 0.1) is 33.0 Å². The van der Waals surface area contributed by atoms with Crippen LogP contribution in [0, 0.1) is 17.8 Å². The number of hydrogen-bond acceptors (Lipinski definition) is 17. The number of nitrogens with two attached hydrogens (primary N) is 3. The molecule has 2 rings (SSSR count). The van der Waals surface area contributed by atoms with Gasteiger partial charge in [-0.3, -0.25) is 52.9 Å². The van der Waals surface area contributed by atoms with Crippen LogP contribution in [0.1, 0.15) is 99.3 Å². The van der Waals surface area contributed by atoms with Gasteiger partial charge < -0.3 is 95.1 Å². The zero-order valence-electron chi connectivity index (χ0n) is 45.3. The van der Waals surface area contributed by atoms with E-state index in [1.807, 2.05) is 5.32 Å². The van der Waals surface area contributed by atoms with Crippen LogP contribution in [0.2, 0.25) is 0 Å². The predicted octanol–water partition coefficient (Wildman–Crippen LogP) is -6.95. The van der Waals surface area contributed by atoms with E-state index in [-0.39, 0.29) is 63.6 Å². The van der Waals surface area contributed by atoms with Crippen molar-refractivity contribution in [2.24, 2.45) is 39.9 Å². The van der Waals surface area contributed by atoms with Crippen LogP contribution in [-0.2, 0) is 52.7 Å². The second-order valence-corrected chi connectivity index (χ2v) is 20.0. The molecule has 10 amide bonds. The van der Waals surface area contributed by atoms with Crippen molar-refractivity contribution in [1.82, 2.24) is 52.3 Å². The number of aliphatic hydroxyl groups excluding tert-OH is 4. The van der Waals surface area contributed by atoms with Gasteiger partial charge in [0, 0.05) is 19.6 Å². The molecule has 0 unspecified atom stereocenters. The summed E-state index contributed by atoms with van der Waals surface area (Å²) in [6.07, 6.45) is 1.97. The van der Waals surface area contributed by atoms with Crippen LogP contribution in [-0.4, -0.2) is 219 Å². The smallest absolute Gasteiger partial charge is 0.328 e. The van der Waals surface area contributed by atoms with Gasteiger partial charge in [0.25, 0.3) is 0 Å². The van der Waals surface area contributed by atoms with E-state index >= 15 is 0 Å². The highest BCUT2D eigenvalue weighted by Gasteiger charge is 2.42. The molecule has 2 aliphatic rings. The molecule has 0 aromatic carbocycles. The molecule has 0 aromatic heterocycles. The first-order valence-corrected chi connectivity index (χ1v) is 26.3. The van der Waals surface area contributed by atoms with Gasteiger partial charge in [0.2, 0.25) is 59.1 Å². The molecule has 30 nitrogen and oxygen atoms in total. The number of aliphatic hydroxyl groups is 4. The molecular formula is C48H84N14O16. The van der Waals surface area contributed by atoms with Crippen molar-refractivity contribution in [3.05, 3.63) is 0 Å². The van der Waals surface area contributed by atoms with Crippen LogP contribution in [0.5, 0.6) is 0 Å². The van der Waals surface area contributed by atoms with E-state index in [0.717, 1.165) is 4.90 Å². The molecule has 2 aliphatic heterocycles. The van der Waals surface area contributed by atoms with E-state index in [1.165, 1.54) is 4.90 Å². The SMILES string of the molecule is CC[C@H](C)[C@H](NC(=O)[C@H](CC(C)C)NC(=O)[C@H](CCCN=C(N)N)NC(=O)CNC(=O)[C@@H](NC(=O)[C@@H]1CCCN1C(=O)[C@@H](N)CO)[C@@H](C)CC)C(=O)N[C@@H](CO)C(=O)N1CCC[C@H]1C(=O)N[C@@H](CO)C(=O)N[C@@H](CO)C(=O)O. The Labute approximate surface area is 452 Å². The van der Waals surface area contributed by atoms with Crippen LogP contribution in [0.4, 0.5) is 0 Å². The minimum absolute atomic E-state index is 0.0236. The van der Waals surface area contributed by atoms with Gasteiger partial charge in [-0.05, 0) is 62.7 Å². The number of likely N-dealkylation sites (tertiary alicyclic amines) is 2. The fourth-order valence-electron chi connectivity index (χ4n) is 8.64. The molecule has 0 radical (unpaired) electrons. The standard InChI is InChI=1S/C48H84N14O16/c1-7-25(5)36(60-42(72)34-14-10-16-61(34)45(75)27(49)20-63)43(73)53-19-35(67)54-28(12-9-15-52-48(50)51)38(68)55-29(18-24(3)4)39(69)59-37(26(6)8-2)44(74)57-31(22-65)46(76)62-17-11-13-33(62)41(71)56-30(21-64)40(70)58-32(23-66)47(77)78/h24-34,36-37,63-66H,7-23,49H2,1-6H3,(H,53,73)(H,54,67)(H,55,68)(H,56,71)(H,57,74)(H,58,70)(H,59,69)(H,60,72)(H,77,78)(H4,50,51,52)/t25-,26-,27-,28-,29-,30-,31-,32-,33-,34-,36-,37-/m0/s1. The summed E-state index contributed by atoms with van der Waals surface area (Å²) in [6, 6.07) is -13.6. The second kappa shape index (κ2) is 33.5. The minimum atomic E-state index is -1.73. The van der Waals surface area contributed by atoms with Crippen molar-refractivity contribution >= 4 is 71.0 Å². The predicted molar refractivity (Wildman–Crippen MR) is 278 cm³/mol. The topological polar surface area (TPSA) is 482 Å². The lowest BCUT2D eigenvalue weighted by Gasteiger charge is -2.31. The van der Waals surface area contributed by atoms with Gasteiger partial charge in [-0.2, -0.15) is 0 Å². The van der Waals surface area contributed by atoms with Crippen LogP contribution in [0.3, 0.4) is 0 Å². The normalized spacial score (nSPS) is 19.0. The zero-order chi connectivity index (χ0) is 59.0. The Bertz CT molecular complexity index is 2110. The zero-order valence-corrected chi connectivity index (χ0v) is 45.3. The summed E-state index contributed by atoms with van der Waals surface area (Å²) in [5.74, 6) is -11.4. The van der Waals surface area contributed by atoms with Gasteiger partial charge in [0.15, 0.2) is 5.96 Å². The lowest BCUT2D eigenvalue weighted by atomic mass is 9.96. The summed E-state index contributed by atoms with van der Waals surface area (Å²) < 4.78 is 0. The average molecular weight is 1110 g/mol. The van der Waals surface area contributed by atoms with Crippen molar-refractivity contribution in [1.29, 1.82) is 0 Å². The third-order valence-electron chi connectivity index (χ3n) is 13.5. The molecule has 0 saturated carbocycles. The van der Waals surface area contributed by atoms with Crippen molar-refractivity contribution in [3.63, 3.8) is 0 Å². The molecule has 0 spiro atoms. The lowest BCUT2D eigenvalue weighted by Crippen LogP contribution is -2.61. The molecule has 0 bridgehead atoms. The summed E-state index contributed by atoms with van der Waals surface area (Å²) >= 11 is 0. The van der Waals surface area contributed by atoms with Crippen LogP contribution in [0.25, 0.3) is 0 Å². The molecule has 78 heavy (non-hydrogen) atoms. The van der Waals surface area contributed by atoms with Crippen molar-refractivity contribution in [2.75, 3.05) is 52.6 Å². The highest BCUT2D eigenvalue weighted by molar-refractivity contribution is 5.99. The fraction of sp³-hybridized carbons (Fsp3) is 0.750. The summed E-state index contributed by atoms with van der Waals surface area (Å²) in [7, 11) is 0. The van der Waals surface area contributed by atoms with E-state index in [1.54, 1.807) is 41.5 Å².